The van der Waals surface area contributed by atoms with Crippen molar-refractivity contribution in [3.8, 4) is 5.75 Å². The van der Waals surface area contributed by atoms with Gasteiger partial charge in [0.1, 0.15) is 5.75 Å². The third-order valence-electron chi connectivity index (χ3n) is 2.85. The second-order valence-electron chi connectivity index (χ2n) is 4.67. The second-order valence-corrected chi connectivity index (χ2v) is 5.59. The van der Waals surface area contributed by atoms with Crippen molar-refractivity contribution in [2.24, 2.45) is 11.8 Å². The number of carbonyl (C=O) groups is 1. The summed E-state index contributed by atoms with van der Waals surface area (Å²) < 4.78 is 6.62. The molecule has 0 radical (unpaired) electrons. The smallest absolute Gasteiger partial charge is 0.306 e. The average Bonchev–Trinajstić information content (AvgIpc) is 2.28. The van der Waals surface area contributed by atoms with E-state index in [1.54, 1.807) is 6.92 Å². The average molecular weight is 315 g/mol. The second kappa shape index (κ2) is 7.41. The molecule has 100 valence electrons. The fraction of sp³-hybridized carbons (Fsp3) is 0.500. The zero-order valence-electron chi connectivity index (χ0n) is 10.7. The lowest BCUT2D eigenvalue weighted by Crippen LogP contribution is -2.14. The van der Waals surface area contributed by atoms with E-state index in [4.69, 9.17) is 9.84 Å². The first-order valence-electron chi connectivity index (χ1n) is 6.10. The quantitative estimate of drug-likeness (QED) is 0.828. The Balaban J connectivity index is 2.27. The molecule has 0 saturated heterocycles. The zero-order chi connectivity index (χ0) is 13.5. The van der Waals surface area contributed by atoms with Crippen LogP contribution in [-0.4, -0.2) is 17.7 Å². The zero-order valence-corrected chi connectivity index (χ0v) is 12.3. The van der Waals surface area contributed by atoms with Crippen molar-refractivity contribution in [2.75, 3.05) is 6.61 Å². The molecule has 0 aliphatic heterocycles. The largest absolute Gasteiger partial charge is 0.494 e. The number of rotatable bonds is 7. The molecule has 0 heterocycles. The molecule has 2 unspecified atom stereocenters. The molecule has 3 nitrogen and oxygen atoms in total. The molecule has 0 saturated carbocycles. The number of ether oxygens (including phenoxy) is 1. The van der Waals surface area contributed by atoms with Gasteiger partial charge in [-0.25, -0.2) is 0 Å². The molecule has 1 aromatic rings. The Morgan fingerprint density at radius 1 is 1.44 bits per heavy atom. The van der Waals surface area contributed by atoms with Crippen LogP contribution >= 0.6 is 15.9 Å². The van der Waals surface area contributed by atoms with Crippen LogP contribution in [0.15, 0.2) is 28.7 Å². The fourth-order valence-corrected chi connectivity index (χ4v) is 2.14. The highest BCUT2D eigenvalue weighted by Gasteiger charge is 2.14. The summed E-state index contributed by atoms with van der Waals surface area (Å²) in [6, 6.07) is 7.71. The van der Waals surface area contributed by atoms with Gasteiger partial charge in [0.15, 0.2) is 0 Å². The standard InChI is InChI=1S/C14H19BrO3/c1-10(8-11(2)14(16)17)6-7-18-13-5-3-4-12(15)9-13/h3-5,9-11H,6-8H2,1-2H3,(H,16,17). The minimum atomic E-state index is -0.727. The highest BCUT2D eigenvalue weighted by atomic mass is 79.9. The maximum absolute atomic E-state index is 10.7. The maximum Gasteiger partial charge on any atom is 0.306 e. The molecule has 0 amide bonds. The number of carboxylic acids is 1. The van der Waals surface area contributed by atoms with Crippen molar-refractivity contribution in [2.45, 2.75) is 26.7 Å². The van der Waals surface area contributed by atoms with Crippen molar-refractivity contribution < 1.29 is 14.6 Å². The van der Waals surface area contributed by atoms with E-state index in [0.29, 0.717) is 18.9 Å². The van der Waals surface area contributed by atoms with Crippen LogP contribution in [0.25, 0.3) is 0 Å². The summed E-state index contributed by atoms with van der Waals surface area (Å²) in [5, 5.41) is 8.83. The lowest BCUT2D eigenvalue weighted by molar-refractivity contribution is -0.141. The normalized spacial score (nSPS) is 13.9. The van der Waals surface area contributed by atoms with E-state index in [0.717, 1.165) is 16.6 Å². The topological polar surface area (TPSA) is 46.5 Å². The number of halogens is 1. The van der Waals surface area contributed by atoms with Crippen LogP contribution in [0.3, 0.4) is 0 Å². The van der Waals surface area contributed by atoms with Crippen molar-refractivity contribution >= 4 is 21.9 Å². The summed E-state index contributed by atoms with van der Waals surface area (Å²) in [5.74, 6) is 0.173. The molecule has 0 aliphatic rings. The van der Waals surface area contributed by atoms with Gasteiger partial charge in [-0.05, 0) is 37.0 Å². The predicted octanol–water partition coefficient (Wildman–Crippen LogP) is 3.96. The highest BCUT2D eigenvalue weighted by Crippen LogP contribution is 2.19. The minimum absolute atomic E-state index is 0.286. The number of benzene rings is 1. The lowest BCUT2D eigenvalue weighted by atomic mass is 9.95. The van der Waals surface area contributed by atoms with Gasteiger partial charge in [-0.2, -0.15) is 0 Å². The van der Waals surface area contributed by atoms with Crippen LogP contribution in [0, 0.1) is 11.8 Å². The molecule has 2 atom stereocenters. The van der Waals surface area contributed by atoms with E-state index >= 15 is 0 Å². The van der Waals surface area contributed by atoms with Crippen molar-refractivity contribution in [1.29, 1.82) is 0 Å². The van der Waals surface area contributed by atoms with Crippen LogP contribution < -0.4 is 4.74 Å². The molecule has 0 aromatic heterocycles. The monoisotopic (exact) mass is 314 g/mol. The molecule has 1 N–H and O–H groups in total. The molecule has 0 fully saturated rings. The third-order valence-corrected chi connectivity index (χ3v) is 3.35. The summed E-state index contributed by atoms with van der Waals surface area (Å²) in [6.45, 7) is 4.42. The Morgan fingerprint density at radius 3 is 2.78 bits per heavy atom. The first kappa shape index (κ1) is 15.0. The number of hydrogen-bond acceptors (Lipinski definition) is 2. The van der Waals surface area contributed by atoms with E-state index in [2.05, 4.69) is 22.9 Å². The molecular weight excluding hydrogens is 296 g/mol. The molecule has 0 spiro atoms. The van der Waals surface area contributed by atoms with Gasteiger partial charge in [-0.3, -0.25) is 4.79 Å². The van der Waals surface area contributed by atoms with Gasteiger partial charge in [0.25, 0.3) is 0 Å². The molecular formula is C14H19BrO3. The van der Waals surface area contributed by atoms with Gasteiger partial charge in [-0.1, -0.05) is 35.8 Å². The summed E-state index contributed by atoms with van der Waals surface area (Å²) in [5.41, 5.74) is 0. The van der Waals surface area contributed by atoms with Crippen molar-refractivity contribution in [3.05, 3.63) is 28.7 Å². The summed E-state index contributed by atoms with van der Waals surface area (Å²) in [6.07, 6.45) is 1.56. The molecule has 18 heavy (non-hydrogen) atoms. The molecule has 4 heteroatoms. The Labute approximate surface area is 116 Å². The Hall–Kier alpha value is -1.03. The Kier molecular flexibility index (Phi) is 6.19. The van der Waals surface area contributed by atoms with Gasteiger partial charge < -0.3 is 9.84 Å². The van der Waals surface area contributed by atoms with Gasteiger partial charge in [0.2, 0.25) is 0 Å². The molecule has 0 bridgehead atoms. The van der Waals surface area contributed by atoms with Gasteiger partial charge >= 0.3 is 5.97 Å². The number of aliphatic carboxylic acids is 1. The number of carboxylic acid groups (broad SMARTS) is 1. The van der Waals surface area contributed by atoms with Crippen LogP contribution in [0.2, 0.25) is 0 Å². The van der Waals surface area contributed by atoms with Crippen LogP contribution in [0.4, 0.5) is 0 Å². The van der Waals surface area contributed by atoms with E-state index in [-0.39, 0.29) is 5.92 Å². The predicted molar refractivity (Wildman–Crippen MR) is 74.8 cm³/mol. The SMILES string of the molecule is CC(CCOc1cccc(Br)c1)CC(C)C(=O)O. The van der Waals surface area contributed by atoms with Crippen LogP contribution in [0.1, 0.15) is 26.7 Å². The van der Waals surface area contributed by atoms with Gasteiger partial charge in [-0.15, -0.1) is 0 Å². The summed E-state index contributed by atoms with van der Waals surface area (Å²) in [7, 11) is 0. The van der Waals surface area contributed by atoms with E-state index < -0.39 is 5.97 Å². The minimum Gasteiger partial charge on any atom is -0.494 e. The highest BCUT2D eigenvalue weighted by molar-refractivity contribution is 9.10. The van der Waals surface area contributed by atoms with Crippen molar-refractivity contribution in [3.63, 3.8) is 0 Å². The van der Waals surface area contributed by atoms with E-state index in [1.807, 2.05) is 24.3 Å². The number of hydrogen-bond donors (Lipinski definition) is 1. The van der Waals surface area contributed by atoms with Gasteiger partial charge in [0.05, 0.1) is 12.5 Å². The van der Waals surface area contributed by atoms with E-state index in [9.17, 15) is 4.79 Å². The van der Waals surface area contributed by atoms with Crippen molar-refractivity contribution in [1.82, 2.24) is 0 Å². The fourth-order valence-electron chi connectivity index (χ4n) is 1.76. The Morgan fingerprint density at radius 2 is 2.17 bits per heavy atom. The molecule has 1 rings (SSSR count). The Bertz CT molecular complexity index is 392. The molecule has 0 aliphatic carbocycles. The van der Waals surface area contributed by atoms with E-state index in [1.165, 1.54) is 0 Å². The van der Waals surface area contributed by atoms with Gasteiger partial charge in [0, 0.05) is 4.47 Å². The lowest BCUT2D eigenvalue weighted by Gasteiger charge is -2.14. The summed E-state index contributed by atoms with van der Waals surface area (Å²) in [4.78, 5) is 10.7. The maximum atomic E-state index is 10.7. The van der Waals surface area contributed by atoms with Crippen LogP contribution in [0.5, 0.6) is 5.75 Å². The first-order chi connectivity index (χ1) is 8.49. The molecule has 1 aromatic carbocycles. The summed E-state index contributed by atoms with van der Waals surface area (Å²) >= 11 is 3.39. The third kappa shape index (κ3) is 5.54. The van der Waals surface area contributed by atoms with Crippen LogP contribution in [-0.2, 0) is 4.79 Å². The first-order valence-corrected chi connectivity index (χ1v) is 6.89.